The van der Waals surface area contributed by atoms with Crippen molar-refractivity contribution in [3.63, 3.8) is 0 Å². The molecule has 0 aliphatic carbocycles. The van der Waals surface area contributed by atoms with Crippen molar-refractivity contribution >= 4 is 37.1 Å². The molecule has 0 heterocycles. The van der Waals surface area contributed by atoms with Gasteiger partial charge in [-0.25, -0.2) is 0 Å². The molecule has 0 fully saturated rings. The monoisotopic (exact) mass is 390 g/mol. The number of amides is 2. The standard InChI is InChI=1S/C8H9N2O5P.2C4H12N/c11-4-9-6-2-1-3-7(16(13,14)15)8(6)10-5-12;2*1-5(2,3)4/h1-5H,(H,9,11)(H,10,12)(H2,13,14,15);2*1-4H3/q;2*+1/p-2. The van der Waals surface area contributed by atoms with Gasteiger partial charge in [-0.05, 0) is 13.7 Å². The highest BCUT2D eigenvalue weighted by atomic mass is 31.2. The molecule has 9 nitrogen and oxygen atoms in total. The van der Waals surface area contributed by atoms with Crippen LogP contribution in [-0.2, 0) is 14.2 Å². The van der Waals surface area contributed by atoms with Crippen LogP contribution in [0.3, 0.4) is 0 Å². The third-order valence-corrected chi connectivity index (χ3v) is 2.72. The first kappa shape index (κ1) is 26.5. The summed E-state index contributed by atoms with van der Waals surface area (Å²) in [5.74, 6) is 0. The van der Waals surface area contributed by atoms with Crippen LogP contribution in [-0.4, -0.2) is 78.2 Å². The number of para-hydroxylation sites is 1. The molecule has 0 spiro atoms. The number of carbonyl (C=O) groups is 2. The van der Waals surface area contributed by atoms with Gasteiger partial charge in [0.05, 0.1) is 67.8 Å². The van der Waals surface area contributed by atoms with Gasteiger partial charge in [-0.15, -0.1) is 0 Å². The summed E-state index contributed by atoms with van der Waals surface area (Å²) >= 11 is 0. The largest absolute Gasteiger partial charge is 0.807 e. The van der Waals surface area contributed by atoms with Gasteiger partial charge in [0.1, 0.15) is 0 Å². The van der Waals surface area contributed by atoms with E-state index in [1.54, 1.807) is 0 Å². The number of carbonyl (C=O) groups excluding carboxylic acids is 2. The lowest BCUT2D eigenvalue weighted by molar-refractivity contribution is -0.849. The van der Waals surface area contributed by atoms with Crippen LogP contribution in [0.5, 0.6) is 0 Å². The van der Waals surface area contributed by atoms with Crippen molar-refractivity contribution in [3.05, 3.63) is 18.2 Å². The fraction of sp³-hybridized carbons (Fsp3) is 0.500. The average Bonchev–Trinajstić information content (AvgIpc) is 2.36. The lowest BCUT2D eigenvalue weighted by atomic mass is 10.2. The van der Waals surface area contributed by atoms with Crippen LogP contribution in [0.2, 0.25) is 0 Å². The number of benzene rings is 1. The van der Waals surface area contributed by atoms with Crippen molar-refractivity contribution in [2.45, 2.75) is 0 Å². The van der Waals surface area contributed by atoms with Gasteiger partial charge in [0.25, 0.3) is 0 Å². The zero-order valence-corrected chi connectivity index (χ0v) is 17.7. The van der Waals surface area contributed by atoms with Crippen LogP contribution in [0.25, 0.3) is 0 Å². The summed E-state index contributed by atoms with van der Waals surface area (Å²) in [6, 6.07) is 3.67. The molecule has 2 amide bonds. The van der Waals surface area contributed by atoms with E-state index < -0.39 is 12.9 Å². The number of hydrogen-bond donors (Lipinski definition) is 2. The molecule has 0 unspecified atom stereocenters. The Morgan fingerprint density at radius 3 is 1.54 bits per heavy atom. The number of nitrogens with zero attached hydrogens (tertiary/aromatic N) is 2. The summed E-state index contributed by atoms with van der Waals surface area (Å²) in [5.41, 5.74) is -0.204. The molecule has 0 saturated heterocycles. The molecule has 0 atom stereocenters. The lowest BCUT2D eigenvalue weighted by Gasteiger charge is -2.32. The normalized spacial score (nSPS) is 11.2. The van der Waals surface area contributed by atoms with Crippen molar-refractivity contribution < 1.29 is 32.9 Å². The molecule has 1 rings (SSSR count). The van der Waals surface area contributed by atoms with Crippen molar-refractivity contribution in [2.75, 3.05) is 67.0 Å². The highest BCUT2D eigenvalue weighted by Gasteiger charge is 2.10. The average molecular weight is 390 g/mol. The van der Waals surface area contributed by atoms with Crippen molar-refractivity contribution in [1.29, 1.82) is 0 Å². The quantitative estimate of drug-likeness (QED) is 0.380. The number of hydrogen-bond acceptors (Lipinski definition) is 5. The summed E-state index contributed by atoms with van der Waals surface area (Å²) in [4.78, 5) is 42.3. The maximum absolute atomic E-state index is 10.9. The first-order chi connectivity index (χ1) is 11.5. The van der Waals surface area contributed by atoms with Gasteiger partial charge in [0, 0.05) is 5.30 Å². The van der Waals surface area contributed by atoms with E-state index in [1.165, 1.54) is 12.1 Å². The fourth-order valence-electron chi connectivity index (χ4n) is 1.16. The van der Waals surface area contributed by atoms with E-state index in [9.17, 15) is 23.9 Å². The van der Waals surface area contributed by atoms with Crippen LogP contribution in [0, 0.1) is 0 Å². The highest BCUT2D eigenvalue weighted by Crippen LogP contribution is 2.31. The van der Waals surface area contributed by atoms with Gasteiger partial charge in [-0.1, -0.05) is 12.1 Å². The van der Waals surface area contributed by atoms with Crippen molar-refractivity contribution in [3.8, 4) is 0 Å². The number of nitrogens with one attached hydrogen (secondary N) is 2. The SMILES string of the molecule is C[N+](C)(C)C.C[N+](C)(C)C.O=CNc1cccc(P(=O)([O-])[O-])c1NC=O. The molecule has 0 aliphatic heterocycles. The summed E-state index contributed by atoms with van der Waals surface area (Å²) in [7, 11) is 12.0. The van der Waals surface area contributed by atoms with Crippen LogP contribution < -0.4 is 25.7 Å². The molecule has 150 valence electrons. The minimum atomic E-state index is -5.01. The van der Waals surface area contributed by atoms with E-state index in [4.69, 9.17) is 0 Å². The Balaban J connectivity index is 0. The molecule has 1 aromatic rings. The molecule has 0 aliphatic rings. The third kappa shape index (κ3) is 17.1. The van der Waals surface area contributed by atoms with Gasteiger partial charge < -0.3 is 34.0 Å². The lowest BCUT2D eigenvalue weighted by Crippen LogP contribution is -2.27. The second-order valence-corrected chi connectivity index (χ2v) is 9.56. The Kier molecular flexibility index (Phi) is 11.2. The predicted octanol–water partition coefficient (Wildman–Crippen LogP) is -0.993. The van der Waals surface area contributed by atoms with Gasteiger partial charge >= 0.3 is 0 Å². The molecule has 26 heavy (non-hydrogen) atoms. The Morgan fingerprint density at radius 2 is 1.23 bits per heavy atom. The third-order valence-electron chi connectivity index (χ3n) is 1.76. The van der Waals surface area contributed by atoms with E-state index in [0.717, 1.165) is 15.0 Å². The summed E-state index contributed by atoms with van der Waals surface area (Å²) < 4.78 is 12.9. The van der Waals surface area contributed by atoms with Crippen molar-refractivity contribution in [2.24, 2.45) is 0 Å². The maximum Gasteiger partial charge on any atom is 0.211 e. The van der Waals surface area contributed by atoms with E-state index >= 15 is 0 Å². The van der Waals surface area contributed by atoms with Crippen LogP contribution in [0.4, 0.5) is 11.4 Å². The molecule has 0 saturated carbocycles. The second kappa shape index (κ2) is 11.1. The minimum absolute atomic E-state index is 0.0338. The first-order valence-electron chi connectivity index (χ1n) is 7.64. The van der Waals surface area contributed by atoms with Crippen molar-refractivity contribution in [1.82, 2.24) is 0 Å². The summed E-state index contributed by atoms with van der Waals surface area (Å²) in [6.45, 7) is 0. The van der Waals surface area contributed by atoms with Crippen LogP contribution >= 0.6 is 7.60 Å². The van der Waals surface area contributed by atoms with Gasteiger partial charge in [0.15, 0.2) is 0 Å². The fourth-order valence-corrected chi connectivity index (χ4v) is 1.89. The topological polar surface area (TPSA) is 121 Å². The van der Waals surface area contributed by atoms with Crippen LogP contribution in [0.1, 0.15) is 0 Å². The molecular formula is C16H31N4O5P. The Morgan fingerprint density at radius 1 is 0.846 bits per heavy atom. The van der Waals surface area contributed by atoms with Crippen LogP contribution in [0.15, 0.2) is 18.2 Å². The van der Waals surface area contributed by atoms with E-state index in [0.29, 0.717) is 6.41 Å². The van der Waals surface area contributed by atoms with Gasteiger partial charge in [0.2, 0.25) is 12.8 Å². The maximum atomic E-state index is 10.9. The molecule has 10 heteroatoms. The molecule has 2 N–H and O–H groups in total. The van der Waals surface area contributed by atoms with E-state index in [-0.39, 0.29) is 17.8 Å². The zero-order chi connectivity index (χ0) is 21.2. The molecule has 0 bridgehead atoms. The molecular weight excluding hydrogens is 359 g/mol. The number of quaternary nitrogens is 2. The minimum Gasteiger partial charge on any atom is -0.807 e. The van der Waals surface area contributed by atoms with E-state index in [1.807, 2.05) is 0 Å². The predicted molar refractivity (Wildman–Crippen MR) is 101 cm³/mol. The highest BCUT2D eigenvalue weighted by molar-refractivity contribution is 7.58. The zero-order valence-electron chi connectivity index (χ0n) is 16.8. The number of anilines is 2. The molecule has 0 radical (unpaired) electrons. The molecule has 1 aromatic carbocycles. The first-order valence-corrected chi connectivity index (χ1v) is 9.18. The summed E-state index contributed by atoms with van der Waals surface area (Å²) in [5, 5.41) is 3.66. The van der Waals surface area contributed by atoms with Gasteiger partial charge in [-0.2, -0.15) is 0 Å². The Hall–Kier alpha value is -1.77. The number of rotatable bonds is 5. The van der Waals surface area contributed by atoms with E-state index in [2.05, 4.69) is 67.0 Å². The smallest absolute Gasteiger partial charge is 0.211 e. The summed E-state index contributed by atoms with van der Waals surface area (Å²) in [6.07, 6.45) is 0.514. The van der Waals surface area contributed by atoms with Gasteiger partial charge in [-0.3, -0.25) is 9.59 Å². The second-order valence-electron chi connectivity index (χ2n) is 8.09. The Labute approximate surface area is 156 Å². The Bertz CT molecular complexity index is 594. The molecule has 0 aromatic heterocycles.